The monoisotopic (exact) mass is 363 g/mol. The largest absolute Gasteiger partial charge is 0.497 e. The number of thiazole rings is 1. The fourth-order valence-corrected chi connectivity index (χ4v) is 4.15. The quantitative estimate of drug-likeness (QED) is 0.749. The summed E-state index contributed by atoms with van der Waals surface area (Å²) in [6.45, 7) is 0. The normalized spacial score (nSPS) is 10.7. The van der Waals surface area contributed by atoms with Crippen molar-refractivity contribution in [3.63, 3.8) is 0 Å². The molecule has 0 spiro atoms. The highest BCUT2D eigenvalue weighted by atomic mass is 32.1. The number of fused-ring (bicyclic) bond motifs is 1. The molecule has 0 saturated heterocycles. The predicted octanol–water partition coefficient (Wildman–Crippen LogP) is 3.69. The Morgan fingerprint density at radius 2 is 1.96 bits per heavy atom. The third kappa shape index (κ3) is 3.15. The average molecular weight is 363 g/mol. The van der Waals surface area contributed by atoms with E-state index in [9.17, 15) is 4.79 Å². The molecule has 2 heterocycles. The molecule has 6 nitrogen and oxygen atoms in total. The number of nitrogens with one attached hydrogen (secondary N) is 1. The Bertz CT molecular complexity index is 854. The summed E-state index contributed by atoms with van der Waals surface area (Å²) in [5, 5.41) is 3.80. The summed E-state index contributed by atoms with van der Waals surface area (Å²) in [6, 6.07) is 7.14. The maximum atomic E-state index is 12.5. The van der Waals surface area contributed by atoms with Gasteiger partial charge >= 0.3 is 0 Å². The molecule has 0 fully saturated rings. The van der Waals surface area contributed by atoms with E-state index in [1.807, 2.05) is 25.1 Å². The molecular formula is C16H17N3O3S2. The molecule has 0 aliphatic carbocycles. The number of aromatic nitrogens is 1. The molecule has 0 bridgehead atoms. The number of benzene rings is 1. The van der Waals surface area contributed by atoms with Crippen LogP contribution in [0, 0.1) is 0 Å². The molecule has 1 amide bonds. The van der Waals surface area contributed by atoms with Gasteiger partial charge in [-0.05, 0) is 18.2 Å². The van der Waals surface area contributed by atoms with Gasteiger partial charge in [-0.15, -0.1) is 11.3 Å². The number of carbonyl (C=O) groups is 1. The van der Waals surface area contributed by atoms with Crippen LogP contribution in [0.3, 0.4) is 0 Å². The van der Waals surface area contributed by atoms with Gasteiger partial charge in [0.2, 0.25) is 0 Å². The summed E-state index contributed by atoms with van der Waals surface area (Å²) in [5.74, 6) is 1.04. The third-order valence-electron chi connectivity index (χ3n) is 3.34. The molecule has 0 aliphatic rings. The van der Waals surface area contributed by atoms with Crippen LogP contribution in [0.5, 0.6) is 11.5 Å². The molecule has 3 rings (SSSR count). The molecular weight excluding hydrogens is 346 g/mol. The second-order valence-electron chi connectivity index (χ2n) is 5.19. The van der Waals surface area contributed by atoms with Gasteiger partial charge in [-0.1, -0.05) is 11.3 Å². The van der Waals surface area contributed by atoms with Crippen molar-refractivity contribution >= 4 is 48.9 Å². The van der Waals surface area contributed by atoms with Crippen molar-refractivity contribution in [1.29, 1.82) is 0 Å². The Labute approximate surface area is 147 Å². The number of nitrogens with zero attached hydrogens (tertiary/aromatic N) is 2. The summed E-state index contributed by atoms with van der Waals surface area (Å²) in [6.07, 6.45) is 0. The molecule has 1 aromatic carbocycles. The van der Waals surface area contributed by atoms with Gasteiger partial charge in [-0.3, -0.25) is 4.79 Å². The first-order valence-electron chi connectivity index (χ1n) is 7.13. The first kappa shape index (κ1) is 16.5. The molecule has 24 heavy (non-hydrogen) atoms. The topological polar surface area (TPSA) is 63.7 Å². The average Bonchev–Trinajstić information content (AvgIpc) is 3.13. The standard InChI is InChI=1S/C16H17N3O3S2/c1-19(2)16-18-15-13(24-16)8-12(23-15)14(20)17-10-7-9(21-3)5-6-11(10)22-4/h5-8H,1-4H3,(H,17,20). The zero-order chi connectivity index (χ0) is 17.3. The van der Waals surface area contributed by atoms with Crippen molar-refractivity contribution in [3.8, 4) is 11.5 Å². The maximum Gasteiger partial charge on any atom is 0.265 e. The van der Waals surface area contributed by atoms with Gasteiger partial charge in [0.1, 0.15) is 16.3 Å². The van der Waals surface area contributed by atoms with Crippen LogP contribution in [0.25, 0.3) is 9.53 Å². The highest BCUT2D eigenvalue weighted by Crippen LogP contribution is 2.35. The van der Waals surface area contributed by atoms with Crippen LogP contribution in [0.1, 0.15) is 9.67 Å². The van der Waals surface area contributed by atoms with E-state index < -0.39 is 0 Å². The summed E-state index contributed by atoms with van der Waals surface area (Å²) < 4.78 is 11.5. The first-order valence-corrected chi connectivity index (χ1v) is 8.76. The van der Waals surface area contributed by atoms with Crippen molar-refractivity contribution in [2.45, 2.75) is 0 Å². The summed E-state index contributed by atoms with van der Waals surface area (Å²) >= 11 is 2.94. The lowest BCUT2D eigenvalue weighted by atomic mass is 10.2. The SMILES string of the molecule is COc1ccc(OC)c(NC(=O)c2cc3sc(N(C)C)nc3s2)c1. The molecule has 1 N–H and O–H groups in total. The number of rotatable bonds is 5. The van der Waals surface area contributed by atoms with E-state index in [1.54, 1.807) is 43.8 Å². The van der Waals surface area contributed by atoms with Gasteiger partial charge in [0.25, 0.3) is 5.91 Å². The molecule has 0 unspecified atom stereocenters. The Morgan fingerprint density at radius 3 is 2.58 bits per heavy atom. The Balaban J connectivity index is 1.85. The fourth-order valence-electron chi connectivity index (χ4n) is 2.12. The molecule has 2 aromatic heterocycles. The Hall–Kier alpha value is -2.32. The molecule has 0 atom stereocenters. The number of anilines is 2. The predicted molar refractivity (Wildman–Crippen MR) is 99.3 cm³/mol. The van der Waals surface area contributed by atoms with Crippen LogP contribution in [0.2, 0.25) is 0 Å². The summed E-state index contributed by atoms with van der Waals surface area (Å²) in [7, 11) is 7.04. The maximum absolute atomic E-state index is 12.5. The molecule has 8 heteroatoms. The van der Waals surface area contributed by atoms with Crippen molar-refractivity contribution in [1.82, 2.24) is 4.98 Å². The fraction of sp³-hybridized carbons (Fsp3) is 0.250. The minimum Gasteiger partial charge on any atom is -0.497 e. The van der Waals surface area contributed by atoms with Crippen LogP contribution < -0.4 is 19.7 Å². The molecule has 0 aliphatic heterocycles. The number of hydrogen-bond acceptors (Lipinski definition) is 7. The highest BCUT2D eigenvalue weighted by molar-refractivity contribution is 7.29. The lowest BCUT2D eigenvalue weighted by Gasteiger charge is -2.11. The number of carbonyl (C=O) groups excluding carboxylic acids is 1. The lowest BCUT2D eigenvalue weighted by molar-refractivity contribution is 0.103. The highest BCUT2D eigenvalue weighted by Gasteiger charge is 2.16. The Morgan fingerprint density at radius 1 is 1.17 bits per heavy atom. The van der Waals surface area contributed by atoms with Crippen molar-refractivity contribution in [2.75, 3.05) is 38.5 Å². The molecule has 126 valence electrons. The van der Waals surface area contributed by atoms with E-state index in [0.29, 0.717) is 22.1 Å². The van der Waals surface area contributed by atoms with Crippen LogP contribution in [0.4, 0.5) is 10.8 Å². The van der Waals surface area contributed by atoms with Crippen LogP contribution in [-0.2, 0) is 0 Å². The van der Waals surface area contributed by atoms with Gasteiger partial charge in [0.05, 0.1) is 29.5 Å². The Kier molecular flexibility index (Phi) is 4.59. The number of amides is 1. The second-order valence-corrected chi connectivity index (χ2v) is 7.23. The molecule has 0 saturated carbocycles. The van der Waals surface area contributed by atoms with Crippen molar-refractivity contribution in [2.24, 2.45) is 0 Å². The number of hydrogen-bond donors (Lipinski definition) is 1. The van der Waals surface area contributed by atoms with Gasteiger partial charge in [-0.25, -0.2) is 4.98 Å². The zero-order valence-electron chi connectivity index (χ0n) is 13.7. The van der Waals surface area contributed by atoms with E-state index in [0.717, 1.165) is 14.7 Å². The van der Waals surface area contributed by atoms with Gasteiger partial charge in [0, 0.05) is 20.2 Å². The number of ether oxygens (including phenoxy) is 2. The summed E-state index contributed by atoms with van der Waals surface area (Å²) in [5.41, 5.74) is 0.570. The lowest BCUT2D eigenvalue weighted by Crippen LogP contribution is -2.11. The van der Waals surface area contributed by atoms with Crippen molar-refractivity contribution < 1.29 is 14.3 Å². The van der Waals surface area contributed by atoms with Crippen LogP contribution >= 0.6 is 22.7 Å². The minimum atomic E-state index is -0.192. The second kappa shape index (κ2) is 6.66. The summed E-state index contributed by atoms with van der Waals surface area (Å²) in [4.78, 5) is 20.5. The van der Waals surface area contributed by atoms with E-state index in [2.05, 4.69) is 10.3 Å². The first-order chi connectivity index (χ1) is 11.5. The van der Waals surface area contributed by atoms with E-state index >= 15 is 0 Å². The van der Waals surface area contributed by atoms with E-state index in [-0.39, 0.29) is 5.91 Å². The van der Waals surface area contributed by atoms with Gasteiger partial charge < -0.3 is 19.7 Å². The smallest absolute Gasteiger partial charge is 0.265 e. The van der Waals surface area contributed by atoms with Crippen LogP contribution in [-0.4, -0.2) is 39.2 Å². The third-order valence-corrected chi connectivity index (χ3v) is 5.67. The van der Waals surface area contributed by atoms with E-state index in [4.69, 9.17) is 9.47 Å². The number of methoxy groups -OCH3 is 2. The van der Waals surface area contributed by atoms with Crippen molar-refractivity contribution in [3.05, 3.63) is 29.1 Å². The van der Waals surface area contributed by atoms with Gasteiger partial charge in [0.15, 0.2) is 5.13 Å². The van der Waals surface area contributed by atoms with Crippen LogP contribution in [0.15, 0.2) is 24.3 Å². The van der Waals surface area contributed by atoms with E-state index in [1.165, 1.54) is 11.3 Å². The minimum absolute atomic E-state index is 0.192. The molecule has 0 radical (unpaired) electrons. The van der Waals surface area contributed by atoms with Gasteiger partial charge in [-0.2, -0.15) is 0 Å². The molecule has 3 aromatic rings. The number of thiophene rings is 1. The zero-order valence-corrected chi connectivity index (χ0v) is 15.4.